The minimum atomic E-state index is -0.517. The van der Waals surface area contributed by atoms with E-state index >= 15 is 0 Å². The van der Waals surface area contributed by atoms with Crippen LogP contribution in [0.3, 0.4) is 0 Å². The summed E-state index contributed by atoms with van der Waals surface area (Å²) in [6.45, 7) is 3.47. The van der Waals surface area contributed by atoms with Gasteiger partial charge in [0.05, 0.1) is 5.56 Å². The molecule has 2 aromatic carbocycles. The molecule has 7 nitrogen and oxygen atoms in total. The molecule has 2 heterocycles. The Bertz CT molecular complexity index is 1240. The molecule has 4 atom stereocenters. The van der Waals surface area contributed by atoms with Gasteiger partial charge in [0, 0.05) is 44.6 Å². The fourth-order valence-electron chi connectivity index (χ4n) is 6.50. The molecule has 1 aliphatic carbocycles. The van der Waals surface area contributed by atoms with Crippen molar-refractivity contribution in [3.05, 3.63) is 102 Å². The molecule has 0 bridgehead atoms. The van der Waals surface area contributed by atoms with Crippen molar-refractivity contribution in [2.75, 3.05) is 26.2 Å². The summed E-state index contributed by atoms with van der Waals surface area (Å²) < 4.78 is 0. The van der Waals surface area contributed by atoms with Crippen molar-refractivity contribution in [1.82, 2.24) is 20.1 Å². The van der Waals surface area contributed by atoms with Gasteiger partial charge >= 0.3 is 0 Å². The van der Waals surface area contributed by atoms with Crippen molar-refractivity contribution in [2.45, 2.75) is 57.2 Å². The van der Waals surface area contributed by atoms with Crippen LogP contribution in [0.15, 0.2) is 85.2 Å². The highest BCUT2D eigenvalue weighted by Crippen LogP contribution is 2.29. The molecule has 2 fully saturated rings. The molecule has 5 rings (SSSR count). The van der Waals surface area contributed by atoms with Gasteiger partial charge in [-0.05, 0) is 73.7 Å². The van der Waals surface area contributed by atoms with E-state index in [1.54, 1.807) is 29.4 Å². The number of benzene rings is 2. The smallest absolute Gasteiger partial charge is 0.256 e. The molecule has 7 heteroatoms. The standard InChI is InChI=1S/C34H43N5O2/c35-21-28-13-7-14-29(19-28)22-37-33(40)32-20-31(25-39(32)34(41)30-15-8-17-36-23-30)38(24-27-11-5-2-6-12-27)18-16-26-9-3-1-4-10-26/h1-6,8-12,15,17,23,28-29,31-32H,7,13-14,16,18-22,24-25,35H2,(H,37,40). The lowest BCUT2D eigenvalue weighted by Gasteiger charge is -2.29. The van der Waals surface area contributed by atoms with Crippen LogP contribution in [0.2, 0.25) is 0 Å². The first-order valence-electron chi connectivity index (χ1n) is 15.1. The normalized spacial score (nSPS) is 22.5. The summed E-state index contributed by atoms with van der Waals surface area (Å²) in [6.07, 6.45) is 9.29. The van der Waals surface area contributed by atoms with Gasteiger partial charge in [-0.2, -0.15) is 0 Å². The number of hydrogen-bond acceptors (Lipinski definition) is 5. The van der Waals surface area contributed by atoms with Crippen molar-refractivity contribution < 1.29 is 9.59 Å². The second-order valence-corrected chi connectivity index (χ2v) is 11.7. The number of nitrogens with one attached hydrogen (secondary N) is 1. The molecule has 216 valence electrons. The van der Waals surface area contributed by atoms with Crippen molar-refractivity contribution in [2.24, 2.45) is 17.6 Å². The summed E-state index contributed by atoms with van der Waals surface area (Å²) in [5.41, 5.74) is 8.97. The minimum absolute atomic E-state index is 0.0534. The molecule has 4 unspecified atom stereocenters. The van der Waals surface area contributed by atoms with E-state index in [0.717, 1.165) is 38.8 Å². The average Bonchev–Trinajstić information content (AvgIpc) is 3.48. The van der Waals surface area contributed by atoms with Gasteiger partial charge in [0.25, 0.3) is 5.91 Å². The van der Waals surface area contributed by atoms with E-state index < -0.39 is 6.04 Å². The zero-order chi connectivity index (χ0) is 28.4. The molecular weight excluding hydrogens is 510 g/mol. The van der Waals surface area contributed by atoms with Gasteiger partial charge in [-0.15, -0.1) is 0 Å². The van der Waals surface area contributed by atoms with Gasteiger partial charge < -0.3 is 16.0 Å². The van der Waals surface area contributed by atoms with Crippen molar-refractivity contribution in [3.8, 4) is 0 Å². The van der Waals surface area contributed by atoms with E-state index in [9.17, 15) is 9.59 Å². The first-order valence-corrected chi connectivity index (χ1v) is 15.1. The number of rotatable bonds is 11. The Labute approximate surface area is 244 Å². The molecule has 1 aromatic heterocycles. The van der Waals surface area contributed by atoms with Gasteiger partial charge in [-0.1, -0.05) is 67.1 Å². The predicted octanol–water partition coefficient (Wildman–Crippen LogP) is 4.29. The van der Waals surface area contributed by atoms with Crippen molar-refractivity contribution in [3.63, 3.8) is 0 Å². The molecule has 3 aromatic rings. The number of nitrogens with zero attached hydrogens (tertiary/aromatic N) is 3. The molecule has 2 amide bonds. The highest BCUT2D eigenvalue weighted by Gasteiger charge is 2.42. The quantitative estimate of drug-likeness (QED) is 0.370. The molecule has 0 spiro atoms. The number of hydrogen-bond donors (Lipinski definition) is 2. The van der Waals surface area contributed by atoms with Crippen LogP contribution >= 0.6 is 0 Å². The Morgan fingerprint density at radius 3 is 2.37 bits per heavy atom. The molecule has 2 aliphatic rings. The van der Waals surface area contributed by atoms with Gasteiger partial charge in [0.2, 0.25) is 5.91 Å². The summed E-state index contributed by atoms with van der Waals surface area (Å²) >= 11 is 0. The van der Waals surface area contributed by atoms with Crippen LogP contribution in [0.4, 0.5) is 0 Å². The second-order valence-electron chi connectivity index (χ2n) is 11.7. The zero-order valence-electron chi connectivity index (χ0n) is 23.9. The van der Waals surface area contributed by atoms with Gasteiger partial charge in [0.1, 0.15) is 6.04 Å². The van der Waals surface area contributed by atoms with Crippen LogP contribution in [0.5, 0.6) is 0 Å². The van der Waals surface area contributed by atoms with E-state index in [1.807, 2.05) is 12.1 Å². The first-order chi connectivity index (χ1) is 20.1. The van der Waals surface area contributed by atoms with Gasteiger partial charge in [-0.3, -0.25) is 19.5 Å². The SMILES string of the molecule is NCC1CCCC(CNC(=O)C2CC(N(CCc3ccccc3)Cc3ccccc3)CN2C(=O)c2cccnc2)C1. The fourth-order valence-corrected chi connectivity index (χ4v) is 6.50. The molecular formula is C34H43N5O2. The maximum Gasteiger partial charge on any atom is 0.256 e. The van der Waals surface area contributed by atoms with E-state index in [0.29, 0.717) is 43.5 Å². The lowest BCUT2D eigenvalue weighted by atomic mass is 9.81. The average molecular weight is 554 g/mol. The second kappa shape index (κ2) is 14.4. The molecule has 1 saturated heterocycles. The lowest BCUT2D eigenvalue weighted by Crippen LogP contribution is -2.47. The third-order valence-corrected chi connectivity index (χ3v) is 8.82. The number of carbonyl (C=O) groups is 2. The van der Waals surface area contributed by atoms with Crippen molar-refractivity contribution >= 4 is 11.8 Å². The lowest BCUT2D eigenvalue weighted by molar-refractivity contribution is -0.125. The number of nitrogens with two attached hydrogens (primary N) is 1. The molecule has 1 saturated carbocycles. The number of pyridine rings is 1. The highest BCUT2D eigenvalue weighted by atomic mass is 16.2. The Hall–Kier alpha value is -3.55. The van der Waals surface area contributed by atoms with Crippen LogP contribution in [0.25, 0.3) is 0 Å². The van der Waals surface area contributed by atoms with E-state index in [-0.39, 0.29) is 17.9 Å². The van der Waals surface area contributed by atoms with E-state index in [4.69, 9.17) is 5.73 Å². The predicted molar refractivity (Wildman–Crippen MR) is 162 cm³/mol. The summed E-state index contributed by atoms with van der Waals surface area (Å²) in [6, 6.07) is 24.0. The summed E-state index contributed by atoms with van der Waals surface area (Å²) in [4.78, 5) is 35.8. The summed E-state index contributed by atoms with van der Waals surface area (Å²) in [5.74, 6) is 0.800. The molecule has 41 heavy (non-hydrogen) atoms. The maximum absolute atomic E-state index is 13.7. The van der Waals surface area contributed by atoms with Gasteiger partial charge in [0.15, 0.2) is 0 Å². The molecule has 3 N–H and O–H groups in total. The Balaban J connectivity index is 1.33. The van der Waals surface area contributed by atoms with Crippen molar-refractivity contribution in [1.29, 1.82) is 0 Å². The fraction of sp³-hybridized carbons (Fsp3) is 0.441. The maximum atomic E-state index is 13.7. The first kappa shape index (κ1) is 29.0. The summed E-state index contributed by atoms with van der Waals surface area (Å²) in [5, 5.41) is 3.23. The van der Waals surface area contributed by atoms with E-state index in [2.05, 4.69) is 63.7 Å². The third kappa shape index (κ3) is 7.80. The minimum Gasteiger partial charge on any atom is -0.354 e. The largest absolute Gasteiger partial charge is 0.354 e. The third-order valence-electron chi connectivity index (χ3n) is 8.82. The number of aromatic nitrogens is 1. The molecule has 1 aliphatic heterocycles. The van der Waals surface area contributed by atoms with Gasteiger partial charge in [-0.25, -0.2) is 0 Å². The molecule has 0 radical (unpaired) electrons. The monoisotopic (exact) mass is 553 g/mol. The van der Waals surface area contributed by atoms with Crippen LogP contribution in [-0.2, 0) is 17.8 Å². The Morgan fingerprint density at radius 2 is 1.66 bits per heavy atom. The Kier molecular flexibility index (Phi) is 10.2. The Morgan fingerprint density at radius 1 is 0.927 bits per heavy atom. The van der Waals surface area contributed by atoms with E-state index in [1.165, 1.54) is 17.5 Å². The van der Waals surface area contributed by atoms with Crippen LogP contribution < -0.4 is 11.1 Å². The number of carbonyl (C=O) groups excluding carboxylic acids is 2. The number of likely N-dealkylation sites (tertiary alicyclic amines) is 1. The summed E-state index contributed by atoms with van der Waals surface area (Å²) in [7, 11) is 0. The topological polar surface area (TPSA) is 91.6 Å². The zero-order valence-corrected chi connectivity index (χ0v) is 23.9. The van der Waals surface area contributed by atoms with Crippen LogP contribution in [0.1, 0.15) is 53.6 Å². The van der Waals surface area contributed by atoms with Crippen LogP contribution in [0, 0.1) is 11.8 Å². The number of amides is 2. The highest BCUT2D eigenvalue weighted by molar-refractivity contribution is 5.97. The van der Waals surface area contributed by atoms with Crippen LogP contribution in [-0.4, -0.2) is 64.9 Å².